The molecule has 1 saturated heterocycles. The molecule has 1 heterocycles. The highest BCUT2D eigenvalue weighted by atomic mass is 16.1. The van der Waals surface area contributed by atoms with E-state index < -0.39 is 0 Å². The largest absolute Gasteiger partial charge is 0.356 e. The van der Waals surface area contributed by atoms with E-state index in [1.54, 1.807) is 6.08 Å². The Morgan fingerprint density at radius 3 is 2.44 bits per heavy atom. The van der Waals surface area contributed by atoms with Gasteiger partial charge in [-0.25, -0.2) is 0 Å². The van der Waals surface area contributed by atoms with Gasteiger partial charge in [0.15, 0.2) is 5.78 Å². The van der Waals surface area contributed by atoms with E-state index in [1.807, 2.05) is 6.92 Å². The van der Waals surface area contributed by atoms with Crippen molar-refractivity contribution in [3.8, 4) is 0 Å². The Labute approximate surface area is 110 Å². The molecule has 0 bridgehead atoms. The maximum Gasteiger partial charge on any atom is 0.219 e. The quantitative estimate of drug-likeness (QED) is 0.719. The lowest BCUT2D eigenvalue weighted by atomic mass is 9.77. The van der Waals surface area contributed by atoms with Gasteiger partial charge in [-0.15, -0.1) is 0 Å². The van der Waals surface area contributed by atoms with Crippen LogP contribution in [-0.2, 0) is 9.59 Å². The first-order valence-electron chi connectivity index (χ1n) is 6.86. The molecule has 0 aromatic rings. The second-order valence-electron chi connectivity index (χ2n) is 6.14. The molecule has 3 nitrogen and oxygen atoms in total. The number of ketones is 1. The van der Waals surface area contributed by atoms with Crippen molar-refractivity contribution in [3.63, 3.8) is 0 Å². The molecule has 18 heavy (non-hydrogen) atoms. The van der Waals surface area contributed by atoms with E-state index in [0.717, 1.165) is 32.2 Å². The summed E-state index contributed by atoms with van der Waals surface area (Å²) in [6, 6.07) is 0. The van der Waals surface area contributed by atoms with Crippen LogP contribution in [0.3, 0.4) is 0 Å². The van der Waals surface area contributed by atoms with E-state index in [4.69, 9.17) is 0 Å². The lowest BCUT2D eigenvalue weighted by Crippen LogP contribution is -2.21. The van der Waals surface area contributed by atoms with Gasteiger partial charge in [0.1, 0.15) is 0 Å². The zero-order valence-electron chi connectivity index (χ0n) is 11.8. The standard InChI is InChI=1S/C9H14O.C6H11NO/c1-7-4-8(10)6-9(2,3)5-7;8-6-4-2-1-3-5-7-6/h4H,5-6H2,1-3H3;1-5H2,(H,7,8). The highest BCUT2D eigenvalue weighted by molar-refractivity contribution is 5.91. The first-order valence-corrected chi connectivity index (χ1v) is 6.86. The van der Waals surface area contributed by atoms with Gasteiger partial charge in [-0.1, -0.05) is 25.8 Å². The van der Waals surface area contributed by atoms with Gasteiger partial charge in [-0.05, 0) is 37.7 Å². The number of carbonyl (C=O) groups is 2. The Morgan fingerprint density at radius 1 is 1.11 bits per heavy atom. The van der Waals surface area contributed by atoms with E-state index in [0.29, 0.717) is 6.42 Å². The van der Waals surface area contributed by atoms with Crippen LogP contribution in [-0.4, -0.2) is 18.2 Å². The summed E-state index contributed by atoms with van der Waals surface area (Å²) in [4.78, 5) is 21.6. The molecule has 0 saturated carbocycles. The van der Waals surface area contributed by atoms with Crippen molar-refractivity contribution in [2.75, 3.05) is 6.54 Å². The summed E-state index contributed by atoms with van der Waals surface area (Å²) >= 11 is 0. The molecule has 1 N–H and O–H groups in total. The maximum absolute atomic E-state index is 11.0. The summed E-state index contributed by atoms with van der Waals surface area (Å²) in [6.45, 7) is 7.19. The van der Waals surface area contributed by atoms with Gasteiger partial charge in [-0.2, -0.15) is 0 Å². The van der Waals surface area contributed by atoms with Crippen LogP contribution in [0, 0.1) is 5.41 Å². The van der Waals surface area contributed by atoms with E-state index in [9.17, 15) is 9.59 Å². The van der Waals surface area contributed by atoms with Crippen molar-refractivity contribution in [1.82, 2.24) is 5.32 Å². The third kappa shape index (κ3) is 5.99. The van der Waals surface area contributed by atoms with Crippen LogP contribution in [0.2, 0.25) is 0 Å². The van der Waals surface area contributed by atoms with E-state index in [-0.39, 0.29) is 17.1 Å². The van der Waals surface area contributed by atoms with Crippen LogP contribution in [0.15, 0.2) is 11.6 Å². The number of carbonyl (C=O) groups excluding carboxylic acids is 2. The molecule has 2 rings (SSSR count). The number of nitrogens with one attached hydrogen (secondary N) is 1. The fraction of sp³-hybridized carbons (Fsp3) is 0.733. The van der Waals surface area contributed by atoms with Crippen molar-refractivity contribution in [3.05, 3.63) is 11.6 Å². The summed E-state index contributed by atoms with van der Waals surface area (Å²) in [7, 11) is 0. The molecule has 1 fully saturated rings. The summed E-state index contributed by atoms with van der Waals surface area (Å²) in [5.74, 6) is 0.510. The predicted octanol–water partition coefficient (Wildman–Crippen LogP) is 3.00. The number of allylic oxidation sites excluding steroid dienone is 2. The van der Waals surface area contributed by atoms with Gasteiger partial charge < -0.3 is 5.32 Å². The van der Waals surface area contributed by atoms with Gasteiger partial charge in [0.05, 0.1) is 0 Å². The topological polar surface area (TPSA) is 46.2 Å². The Bertz CT molecular complexity index is 332. The molecule has 0 aromatic heterocycles. The molecule has 0 aromatic carbocycles. The second kappa shape index (κ2) is 6.72. The van der Waals surface area contributed by atoms with Crippen LogP contribution >= 0.6 is 0 Å². The van der Waals surface area contributed by atoms with Crippen molar-refractivity contribution >= 4 is 11.7 Å². The summed E-state index contributed by atoms with van der Waals surface area (Å²) in [5, 5.41) is 2.81. The molecule has 2 aliphatic rings. The zero-order chi connectivity index (χ0) is 13.6. The fourth-order valence-corrected chi connectivity index (χ4v) is 2.57. The first kappa shape index (κ1) is 14.9. The van der Waals surface area contributed by atoms with Crippen molar-refractivity contribution in [2.45, 2.75) is 59.3 Å². The molecule has 3 heteroatoms. The number of amides is 1. The molecule has 0 atom stereocenters. The predicted molar refractivity (Wildman–Crippen MR) is 73.3 cm³/mol. The van der Waals surface area contributed by atoms with Gasteiger partial charge in [0, 0.05) is 19.4 Å². The average Bonchev–Trinajstić information content (AvgIpc) is 2.42. The van der Waals surface area contributed by atoms with Crippen LogP contribution in [0.4, 0.5) is 0 Å². The zero-order valence-corrected chi connectivity index (χ0v) is 11.8. The van der Waals surface area contributed by atoms with E-state index in [2.05, 4.69) is 19.2 Å². The summed E-state index contributed by atoms with van der Waals surface area (Å²) in [5.41, 5.74) is 1.43. The van der Waals surface area contributed by atoms with Crippen LogP contribution in [0.25, 0.3) is 0 Å². The normalized spacial score (nSPS) is 23.2. The molecule has 0 unspecified atom stereocenters. The second-order valence-corrected chi connectivity index (χ2v) is 6.14. The summed E-state index contributed by atoms with van der Waals surface area (Å²) < 4.78 is 0. The Kier molecular flexibility index (Phi) is 5.57. The van der Waals surface area contributed by atoms with Crippen LogP contribution in [0.5, 0.6) is 0 Å². The van der Waals surface area contributed by atoms with Crippen LogP contribution in [0.1, 0.15) is 59.3 Å². The third-order valence-corrected chi connectivity index (χ3v) is 3.22. The van der Waals surface area contributed by atoms with E-state index >= 15 is 0 Å². The average molecular weight is 251 g/mol. The minimum absolute atomic E-state index is 0.204. The molecule has 1 aliphatic carbocycles. The lowest BCUT2D eigenvalue weighted by molar-refractivity contribution is -0.120. The van der Waals surface area contributed by atoms with Crippen LogP contribution < -0.4 is 5.32 Å². The van der Waals surface area contributed by atoms with Gasteiger partial charge in [0.2, 0.25) is 5.91 Å². The highest BCUT2D eigenvalue weighted by Gasteiger charge is 2.25. The number of rotatable bonds is 0. The molecule has 0 spiro atoms. The number of hydrogen-bond acceptors (Lipinski definition) is 2. The molecule has 1 aliphatic heterocycles. The third-order valence-electron chi connectivity index (χ3n) is 3.22. The Hall–Kier alpha value is -1.12. The monoisotopic (exact) mass is 251 g/mol. The van der Waals surface area contributed by atoms with Crippen molar-refractivity contribution < 1.29 is 9.59 Å². The van der Waals surface area contributed by atoms with Crippen molar-refractivity contribution in [1.29, 1.82) is 0 Å². The molecule has 0 radical (unpaired) electrons. The molecular weight excluding hydrogens is 226 g/mol. The van der Waals surface area contributed by atoms with Gasteiger partial charge >= 0.3 is 0 Å². The molecule has 102 valence electrons. The highest BCUT2D eigenvalue weighted by Crippen LogP contribution is 2.32. The van der Waals surface area contributed by atoms with Gasteiger partial charge in [0.25, 0.3) is 0 Å². The van der Waals surface area contributed by atoms with Crippen molar-refractivity contribution in [2.24, 2.45) is 5.41 Å². The Balaban J connectivity index is 0.000000184. The Morgan fingerprint density at radius 2 is 1.83 bits per heavy atom. The minimum Gasteiger partial charge on any atom is -0.356 e. The van der Waals surface area contributed by atoms with Gasteiger partial charge in [-0.3, -0.25) is 9.59 Å². The minimum atomic E-state index is 0.204. The number of hydrogen-bond donors (Lipinski definition) is 1. The maximum atomic E-state index is 11.0. The summed E-state index contributed by atoms with van der Waals surface area (Å²) in [6.07, 6.45) is 7.73. The molecule has 1 amide bonds. The SMILES string of the molecule is CC1=CC(=O)CC(C)(C)C1.O=C1CCCCCN1. The van der Waals surface area contributed by atoms with E-state index in [1.165, 1.54) is 12.0 Å². The smallest absolute Gasteiger partial charge is 0.219 e. The fourth-order valence-electron chi connectivity index (χ4n) is 2.57. The lowest BCUT2D eigenvalue weighted by Gasteiger charge is -2.27. The molecular formula is C15H25NO2. The first-order chi connectivity index (χ1) is 8.39.